The second kappa shape index (κ2) is 14.3. The zero-order valence-electron chi connectivity index (χ0n) is 26.0. The third-order valence-corrected chi connectivity index (χ3v) is 9.45. The summed E-state index contributed by atoms with van der Waals surface area (Å²) in [6, 6.07) is 26.2. The Labute approximate surface area is 273 Å². The Morgan fingerprint density at radius 3 is 2.54 bits per heavy atom. The molecule has 0 saturated carbocycles. The summed E-state index contributed by atoms with van der Waals surface area (Å²) in [5.74, 6) is 0.224. The molecule has 6 nitrogen and oxygen atoms in total. The molecule has 4 aromatic carbocycles. The molecule has 1 N–H and O–H groups in total. The van der Waals surface area contributed by atoms with Crippen molar-refractivity contribution < 1.29 is 23.8 Å². The van der Waals surface area contributed by atoms with Gasteiger partial charge in [0, 0.05) is 29.1 Å². The Hall–Kier alpha value is -4.53. The highest BCUT2D eigenvalue weighted by molar-refractivity contribution is 7.09. The number of aryl methyl sites for hydroxylation is 1. The van der Waals surface area contributed by atoms with Crippen molar-refractivity contribution in [2.75, 3.05) is 6.54 Å². The number of benzene rings is 4. The Bertz CT molecular complexity index is 1820. The molecule has 0 aliphatic carbocycles. The number of halogens is 1. The van der Waals surface area contributed by atoms with E-state index >= 15 is 0 Å². The van der Waals surface area contributed by atoms with Crippen LogP contribution in [0.15, 0.2) is 90.3 Å². The molecular formula is C38H37FN2O4S. The molecule has 2 heterocycles. The van der Waals surface area contributed by atoms with E-state index in [1.807, 2.05) is 28.5 Å². The van der Waals surface area contributed by atoms with Crippen LogP contribution in [0.5, 0.6) is 11.5 Å². The number of carboxylic acids is 1. The topological polar surface area (TPSA) is 71.9 Å². The lowest BCUT2D eigenvalue weighted by Gasteiger charge is -2.33. The van der Waals surface area contributed by atoms with Crippen LogP contribution in [0.2, 0.25) is 0 Å². The molecule has 8 heteroatoms. The van der Waals surface area contributed by atoms with E-state index in [1.54, 1.807) is 12.1 Å². The molecule has 0 unspecified atom stereocenters. The van der Waals surface area contributed by atoms with Gasteiger partial charge in [-0.25, -0.2) is 9.37 Å². The number of rotatable bonds is 11. The zero-order valence-corrected chi connectivity index (χ0v) is 26.9. The predicted octanol–water partition coefficient (Wildman–Crippen LogP) is 8.83. The van der Waals surface area contributed by atoms with Crippen molar-refractivity contribution in [3.63, 3.8) is 0 Å². The van der Waals surface area contributed by atoms with Crippen LogP contribution in [-0.2, 0) is 24.6 Å². The first-order valence-corrected chi connectivity index (χ1v) is 16.4. The fourth-order valence-corrected chi connectivity index (χ4v) is 6.72. The van der Waals surface area contributed by atoms with Gasteiger partial charge in [0.1, 0.15) is 41.6 Å². The average molecular weight is 637 g/mol. The van der Waals surface area contributed by atoms with Crippen molar-refractivity contribution in [1.82, 2.24) is 9.88 Å². The highest BCUT2D eigenvalue weighted by atomic mass is 32.1. The summed E-state index contributed by atoms with van der Waals surface area (Å²) in [6.07, 6.45) is 2.51. The van der Waals surface area contributed by atoms with Crippen molar-refractivity contribution in [3.8, 4) is 33.9 Å². The normalized spacial score (nSPS) is 15.1. The van der Waals surface area contributed by atoms with E-state index in [1.165, 1.54) is 45.7 Å². The molecule has 236 valence electrons. The van der Waals surface area contributed by atoms with Gasteiger partial charge in [-0.15, -0.1) is 11.3 Å². The fourth-order valence-electron chi connectivity index (χ4n) is 6.01. The first-order valence-electron chi connectivity index (χ1n) is 15.6. The molecule has 0 radical (unpaired) electrons. The lowest BCUT2D eigenvalue weighted by Crippen LogP contribution is -2.44. The van der Waals surface area contributed by atoms with E-state index in [9.17, 15) is 14.3 Å². The Balaban J connectivity index is 1.22. The first kappa shape index (κ1) is 31.5. The molecule has 46 heavy (non-hydrogen) atoms. The number of carbonyl (C=O) groups is 1. The summed E-state index contributed by atoms with van der Waals surface area (Å²) < 4.78 is 26.1. The number of ether oxygens (including phenoxy) is 2. The summed E-state index contributed by atoms with van der Waals surface area (Å²) in [6.45, 7) is 6.07. The first-order chi connectivity index (χ1) is 22.4. The second-order valence-electron chi connectivity index (χ2n) is 11.7. The number of nitrogens with zero attached hydrogens (tertiary/aromatic N) is 2. The van der Waals surface area contributed by atoms with Crippen molar-refractivity contribution in [2.45, 2.75) is 58.9 Å². The van der Waals surface area contributed by atoms with Crippen LogP contribution in [0.4, 0.5) is 4.39 Å². The van der Waals surface area contributed by atoms with E-state index in [2.05, 4.69) is 56.3 Å². The smallest absolute Gasteiger partial charge is 0.320 e. The van der Waals surface area contributed by atoms with E-state index in [0.29, 0.717) is 31.1 Å². The van der Waals surface area contributed by atoms with Crippen molar-refractivity contribution in [3.05, 3.63) is 123 Å². The molecule has 1 atom stereocenters. The Morgan fingerprint density at radius 1 is 0.935 bits per heavy atom. The molecule has 5 aromatic rings. The van der Waals surface area contributed by atoms with Crippen LogP contribution in [-0.4, -0.2) is 33.5 Å². The van der Waals surface area contributed by atoms with Crippen LogP contribution < -0.4 is 9.47 Å². The molecule has 1 aliphatic heterocycles. The van der Waals surface area contributed by atoms with Crippen molar-refractivity contribution >= 4 is 17.3 Å². The highest BCUT2D eigenvalue weighted by Gasteiger charge is 2.29. The van der Waals surface area contributed by atoms with Crippen LogP contribution in [0, 0.1) is 19.7 Å². The van der Waals surface area contributed by atoms with Crippen molar-refractivity contribution in [1.29, 1.82) is 0 Å². The number of piperidine rings is 1. The molecule has 0 bridgehead atoms. The third kappa shape index (κ3) is 7.30. The van der Waals surface area contributed by atoms with Gasteiger partial charge < -0.3 is 14.6 Å². The Morgan fingerprint density at radius 2 is 1.74 bits per heavy atom. The predicted molar refractivity (Wildman–Crippen MR) is 180 cm³/mol. The number of hydrogen-bond donors (Lipinski definition) is 1. The summed E-state index contributed by atoms with van der Waals surface area (Å²) >= 11 is 1.48. The molecule has 6 rings (SSSR count). The second-order valence-corrected chi connectivity index (χ2v) is 12.6. The molecular weight excluding hydrogens is 599 g/mol. The summed E-state index contributed by atoms with van der Waals surface area (Å²) in [5.41, 5.74) is 8.41. The summed E-state index contributed by atoms with van der Waals surface area (Å²) in [7, 11) is 0. The number of aromatic nitrogens is 1. The number of hydrogen-bond acceptors (Lipinski definition) is 6. The largest absolute Gasteiger partial charge is 0.489 e. The maximum Gasteiger partial charge on any atom is 0.320 e. The van der Waals surface area contributed by atoms with E-state index in [4.69, 9.17) is 14.5 Å². The number of aliphatic carboxylic acids is 1. The van der Waals surface area contributed by atoms with Crippen LogP contribution in [0.25, 0.3) is 22.4 Å². The fraction of sp³-hybridized carbons (Fsp3) is 0.263. The number of carboxylic acid groups (broad SMARTS) is 1. The minimum Gasteiger partial charge on any atom is -0.489 e. The van der Waals surface area contributed by atoms with Gasteiger partial charge >= 0.3 is 5.97 Å². The van der Waals surface area contributed by atoms with Gasteiger partial charge in [-0.1, -0.05) is 55.0 Å². The van der Waals surface area contributed by atoms with Gasteiger partial charge in [-0.05, 0) is 91.4 Å². The minimum atomic E-state index is -0.790. The molecule has 0 amide bonds. The van der Waals surface area contributed by atoms with Crippen LogP contribution >= 0.6 is 11.3 Å². The quantitative estimate of drug-likeness (QED) is 0.156. The standard InChI is InChI=1S/C38H37FN2O4S/c1-25-8-3-4-10-32(25)33-11-7-9-29(26(33)2)22-44-31-18-15-28(21-41-19-6-5-12-35(41)38(42)43)36(20-31)45-23-37-40-34(24-46-37)27-13-16-30(39)17-14-27/h3-4,7-11,13-18,20,24,35H,5-6,12,19,21-23H2,1-2H3,(H,42,43)/t35-/m0/s1. The minimum absolute atomic E-state index is 0.238. The molecule has 1 fully saturated rings. The lowest BCUT2D eigenvalue weighted by molar-refractivity contribution is -0.144. The SMILES string of the molecule is Cc1ccccc1-c1cccc(COc2ccc(CN3CCCC[C@H]3C(=O)O)c(OCc3nc(-c4ccc(F)cc4)cs3)c2)c1C. The van der Waals surface area contributed by atoms with Gasteiger partial charge in [-0.3, -0.25) is 9.69 Å². The van der Waals surface area contributed by atoms with Gasteiger partial charge in [0.25, 0.3) is 0 Å². The lowest BCUT2D eigenvalue weighted by atomic mass is 9.94. The van der Waals surface area contributed by atoms with Crippen LogP contribution in [0.3, 0.4) is 0 Å². The third-order valence-electron chi connectivity index (χ3n) is 8.63. The Kier molecular flexibility index (Phi) is 9.76. The molecule has 0 spiro atoms. The molecule has 1 aromatic heterocycles. The molecule has 1 saturated heterocycles. The maximum absolute atomic E-state index is 13.4. The maximum atomic E-state index is 13.4. The van der Waals surface area contributed by atoms with Gasteiger partial charge in [0.05, 0.1) is 5.69 Å². The monoisotopic (exact) mass is 636 g/mol. The summed E-state index contributed by atoms with van der Waals surface area (Å²) in [4.78, 5) is 18.7. The average Bonchev–Trinajstić information content (AvgIpc) is 3.54. The van der Waals surface area contributed by atoms with Crippen LogP contribution in [0.1, 0.15) is 46.5 Å². The number of likely N-dealkylation sites (tertiary alicyclic amines) is 1. The number of thiazole rings is 1. The van der Waals surface area contributed by atoms with Gasteiger partial charge in [0.15, 0.2) is 0 Å². The van der Waals surface area contributed by atoms with E-state index in [0.717, 1.165) is 46.8 Å². The zero-order chi connectivity index (χ0) is 32.0. The van der Waals surface area contributed by atoms with Gasteiger partial charge in [0.2, 0.25) is 0 Å². The van der Waals surface area contributed by atoms with Crippen molar-refractivity contribution in [2.24, 2.45) is 0 Å². The van der Waals surface area contributed by atoms with E-state index in [-0.39, 0.29) is 12.4 Å². The summed E-state index contributed by atoms with van der Waals surface area (Å²) in [5, 5.41) is 12.6. The molecule has 1 aliphatic rings. The van der Waals surface area contributed by atoms with Gasteiger partial charge in [-0.2, -0.15) is 0 Å². The highest BCUT2D eigenvalue weighted by Crippen LogP contribution is 2.32. The van der Waals surface area contributed by atoms with E-state index < -0.39 is 12.0 Å².